The summed E-state index contributed by atoms with van der Waals surface area (Å²) in [5, 5.41) is 16.9. The van der Waals surface area contributed by atoms with Crippen LogP contribution in [-0.4, -0.2) is 60.1 Å². The van der Waals surface area contributed by atoms with Gasteiger partial charge < -0.3 is 15.7 Å². The van der Waals surface area contributed by atoms with Crippen molar-refractivity contribution in [1.82, 2.24) is 15.5 Å². The summed E-state index contributed by atoms with van der Waals surface area (Å²) in [6.07, 6.45) is 10.1. The second kappa shape index (κ2) is 8.69. The number of fused-ring (bicyclic) bond motifs is 5. The fourth-order valence-corrected chi connectivity index (χ4v) is 5.33. The minimum Gasteiger partial charge on any atom is -0.388 e. The SMILES string of the molecule is CN=C(NCCN1C(=O)C2C3C=CC(C3)C2C1=O)NCC1(O)CCCCC1.I. The molecule has 1 heterocycles. The summed E-state index contributed by atoms with van der Waals surface area (Å²) in [6, 6.07) is 0. The van der Waals surface area contributed by atoms with E-state index in [4.69, 9.17) is 0 Å². The molecule has 1 aliphatic heterocycles. The van der Waals surface area contributed by atoms with E-state index in [1.54, 1.807) is 7.05 Å². The molecule has 7 nitrogen and oxygen atoms in total. The fraction of sp³-hybridized carbons (Fsp3) is 0.750. The zero-order valence-corrected chi connectivity index (χ0v) is 18.7. The zero-order chi connectivity index (χ0) is 19.0. The van der Waals surface area contributed by atoms with Crippen LogP contribution >= 0.6 is 24.0 Å². The van der Waals surface area contributed by atoms with Crippen molar-refractivity contribution in [1.29, 1.82) is 0 Å². The van der Waals surface area contributed by atoms with Crippen molar-refractivity contribution in [3.63, 3.8) is 0 Å². The lowest BCUT2D eigenvalue weighted by atomic mass is 9.85. The smallest absolute Gasteiger partial charge is 0.233 e. The van der Waals surface area contributed by atoms with Gasteiger partial charge in [-0.25, -0.2) is 0 Å². The van der Waals surface area contributed by atoms with Crippen LogP contribution in [0, 0.1) is 23.7 Å². The van der Waals surface area contributed by atoms with E-state index >= 15 is 0 Å². The Labute approximate surface area is 183 Å². The first-order chi connectivity index (χ1) is 13.0. The number of halogens is 1. The third-order valence-electron chi connectivity index (χ3n) is 6.78. The summed E-state index contributed by atoms with van der Waals surface area (Å²) >= 11 is 0. The predicted octanol–water partition coefficient (Wildman–Crippen LogP) is 1.27. The highest BCUT2D eigenvalue weighted by molar-refractivity contribution is 14.0. The van der Waals surface area contributed by atoms with E-state index in [1.165, 1.54) is 11.3 Å². The summed E-state index contributed by atoms with van der Waals surface area (Å²) in [5.74, 6) is 0.803. The van der Waals surface area contributed by atoms with Gasteiger partial charge in [-0.05, 0) is 31.1 Å². The van der Waals surface area contributed by atoms with E-state index in [9.17, 15) is 14.7 Å². The molecule has 2 saturated carbocycles. The van der Waals surface area contributed by atoms with Gasteiger partial charge in [0.2, 0.25) is 11.8 Å². The van der Waals surface area contributed by atoms with Gasteiger partial charge in [0, 0.05) is 26.7 Å². The van der Waals surface area contributed by atoms with Gasteiger partial charge in [-0.1, -0.05) is 31.4 Å². The number of imide groups is 1. The molecule has 0 aromatic heterocycles. The van der Waals surface area contributed by atoms with Crippen LogP contribution in [0.5, 0.6) is 0 Å². The number of guanidine groups is 1. The van der Waals surface area contributed by atoms with Crippen molar-refractivity contribution < 1.29 is 14.7 Å². The van der Waals surface area contributed by atoms with Crippen LogP contribution in [0.2, 0.25) is 0 Å². The molecule has 3 aliphatic carbocycles. The molecule has 0 aromatic rings. The number of carbonyl (C=O) groups is 2. The second-order valence-electron chi connectivity index (χ2n) is 8.47. The Kier molecular flexibility index (Phi) is 6.69. The molecule has 156 valence electrons. The van der Waals surface area contributed by atoms with Crippen LogP contribution in [0.25, 0.3) is 0 Å². The lowest BCUT2D eigenvalue weighted by molar-refractivity contribution is -0.140. The van der Waals surface area contributed by atoms with E-state index in [-0.39, 0.29) is 59.5 Å². The van der Waals surface area contributed by atoms with Gasteiger partial charge >= 0.3 is 0 Å². The lowest BCUT2D eigenvalue weighted by Crippen LogP contribution is -2.49. The minimum absolute atomic E-state index is 0. The van der Waals surface area contributed by atoms with Gasteiger partial charge in [-0.2, -0.15) is 0 Å². The number of allylic oxidation sites excluding steroid dienone is 2. The molecule has 1 saturated heterocycles. The van der Waals surface area contributed by atoms with E-state index in [2.05, 4.69) is 27.8 Å². The molecule has 0 spiro atoms. The van der Waals surface area contributed by atoms with E-state index in [0.717, 1.165) is 32.1 Å². The third-order valence-corrected chi connectivity index (χ3v) is 6.78. The van der Waals surface area contributed by atoms with Crippen molar-refractivity contribution in [2.75, 3.05) is 26.7 Å². The van der Waals surface area contributed by atoms with Crippen LogP contribution in [0.15, 0.2) is 17.1 Å². The van der Waals surface area contributed by atoms with E-state index in [1.807, 2.05) is 0 Å². The topological polar surface area (TPSA) is 94.0 Å². The molecular formula is C20H31IN4O3. The van der Waals surface area contributed by atoms with Crippen molar-refractivity contribution >= 4 is 41.8 Å². The van der Waals surface area contributed by atoms with Crippen molar-refractivity contribution in [2.45, 2.75) is 44.1 Å². The quantitative estimate of drug-likeness (QED) is 0.173. The Hall–Kier alpha value is -1.16. The Morgan fingerprint density at radius 3 is 2.32 bits per heavy atom. The number of nitrogens with zero attached hydrogens (tertiary/aromatic N) is 2. The van der Waals surface area contributed by atoms with Crippen LogP contribution < -0.4 is 10.6 Å². The maximum absolute atomic E-state index is 12.7. The summed E-state index contributed by atoms with van der Waals surface area (Å²) < 4.78 is 0. The first kappa shape index (κ1) is 21.5. The van der Waals surface area contributed by atoms with Gasteiger partial charge in [0.1, 0.15) is 0 Å². The molecule has 2 bridgehead atoms. The Balaban J connectivity index is 0.00000225. The molecule has 3 N–H and O–H groups in total. The van der Waals surface area contributed by atoms with Crippen molar-refractivity contribution in [3.05, 3.63) is 12.2 Å². The lowest BCUT2D eigenvalue weighted by Gasteiger charge is -2.32. The number of likely N-dealkylation sites (tertiary alicyclic amines) is 1. The number of carbonyl (C=O) groups excluding carboxylic acids is 2. The van der Waals surface area contributed by atoms with Crippen LogP contribution in [0.1, 0.15) is 38.5 Å². The minimum atomic E-state index is -0.666. The fourth-order valence-electron chi connectivity index (χ4n) is 5.33. The third kappa shape index (κ3) is 3.94. The second-order valence-corrected chi connectivity index (χ2v) is 8.47. The highest BCUT2D eigenvalue weighted by Crippen LogP contribution is 2.52. The molecule has 8 heteroatoms. The average molecular weight is 502 g/mol. The molecule has 28 heavy (non-hydrogen) atoms. The van der Waals surface area contributed by atoms with Crippen molar-refractivity contribution in [2.24, 2.45) is 28.7 Å². The molecule has 2 amide bonds. The van der Waals surface area contributed by atoms with Crippen LogP contribution in [0.3, 0.4) is 0 Å². The summed E-state index contributed by atoms with van der Waals surface area (Å²) in [7, 11) is 1.68. The monoisotopic (exact) mass is 502 g/mol. The van der Waals surface area contributed by atoms with Gasteiger partial charge in [0.25, 0.3) is 0 Å². The molecule has 3 fully saturated rings. The van der Waals surface area contributed by atoms with Gasteiger partial charge in [-0.15, -0.1) is 24.0 Å². The number of nitrogens with one attached hydrogen (secondary N) is 2. The highest BCUT2D eigenvalue weighted by Gasteiger charge is 2.58. The standard InChI is InChI=1S/C20H30N4O3.HI/c1-21-19(23-12-20(27)7-3-2-4-8-20)22-9-10-24-17(25)15-13-5-6-14(11-13)16(15)18(24)26;/h5-6,13-16,27H,2-4,7-12H2,1H3,(H2,21,22,23);1H. The predicted molar refractivity (Wildman–Crippen MR) is 117 cm³/mol. The van der Waals surface area contributed by atoms with E-state index in [0.29, 0.717) is 25.6 Å². The molecular weight excluding hydrogens is 471 g/mol. The zero-order valence-electron chi connectivity index (χ0n) is 16.4. The summed E-state index contributed by atoms with van der Waals surface area (Å²) in [4.78, 5) is 31.0. The molecule has 0 aromatic carbocycles. The number of aliphatic hydroxyl groups is 1. The van der Waals surface area contributed by atoms with Crippen LogP contribution in [0.4, 0.5) is 0 Å². The summed E-state index contributed by atoms with van der Waals surface area (Å²) in [6.45, 7) is 1.28. The molecule has 4 atom stereocenters. The number of amides is 2. The van der Waals surface area contributed by atoms with Crippen molar-refractivity contribution in [3.8, 4) is 0 Å². The number of hydrogen-bond acceptors (Lipinski definition) is 4. The number of aliphatic imine (C=N–C) groups is 1. The van der Waals surface area contributed by atoms with Gasteiger partial charge in [-0.3, -0.25) is 19.5 Å². The summed E-state index contributed by atoms with van der Waals surface area (Å²) in [5.41, 5.74) is -0.666. The molecule has 4 unspecified atom stereocenters. The molecule has 4 rings (SSSR count). The maximum Gasteiger partial charge on any atom is 0.233 e. The maximum atomic E-state index is 12.7. The van der Waals surface area contributed by atoms with E-state index < -0.39 is 5.60 Å². The number of rotatable bonds is 5. The molecule has 4 aliphatic rings. The van der Waals surface area contributed by atoms with Gasteiger partial charge in [0.05, 0.1) is 17.4 Å². The number of hydrogen-bond donors (Lipinski definition) is 3. The normalized spacial score (nSPS) is 33.1. The Morgan fingerprint density at radius 2 is 1.75 bits per heavy atom. The highest BCUT2D eigenvalue weighted by atomic mass is 127. The van der Waals surface area contributed by atoms with Gasteiger partial charge in [0.15, 0.2) is 5.96 Å². The van der Waals surface area contributed by atoms with Crippen LogP contribution in [-0.2, 0) is 9.59 Å². The Bertz CT molecular complexity index is 644. The largest absolute Gasteiger partial charge is 0.388 e. The molecule has 0 radical (unpaired) electrons. The average Bonchev–Trinajstić information content (AvgIpc) is 3.34. The first-order valence-corrected chi connectivity index (χ1v) is 10.2. The first-order valence-electron chi connectivity index (χ1n) is 10.2. The Morgan fingerprint density at radius 1 is 1.14 bits per heavy atom.